The van der Waals surface area contributed by atoms with Crippen LogP contribution in [0.2, 0.25) is 0 Å². The third kappa shape index (κ3) is 5.89. The summed E-state index contributed by atoms with van der Waals surface area (Å²) in [7, 11) is -0.517. The molecule has 8 heteroatoms. The predicted molar refractivity (Wildman–Crippen MR) is 118 cm³/mol. The second-order valence-electron chi connectivity index (χ2n) is 7.67. The minimum Gasteiger partial charge on any atom is -0.351 e. The third-order valence-electron chi connectivity index (χ3n) is 5.32. The molecule has 3 rings (SSSR count). The van der Waals surface area contributed by atoms with Crippen LogP contribution in [0.1, 0.15) is 15.9 Å². The average molecular weight is 431 g/mol. The Bertz CT molecular complexity index is 923. The van der Waals surface area contributed by atoms with Crippen LogP contribution in [0.15, 0.2) is 59.5 Å². The van der Waals surface area contributed by atoms with Crippen molar-refractivity contribution >= 4 is 15.9 Å². The van der Waals surface area contributed by atoms with E-state index in [1.165, 1.54) is 31.8 Å². The number of carbonyl (C=O) groups excluding carboxylic acids is 1. The molecule has 1 heterocycles. The van der Waals surface area contributed by atoms with E-state index in [4.69, 9.17) is 0 Å². The van der Waals surface area contributed by atoms with Crippen molar-refractivity contribution in [1.29, 1.82) is 0 Å². The number of hydrogen-bond donors (Lipinski definition) is 1. The summed E-state index contributed by atoms with van der Waals surface area (Å²) >= 11 is 0. The summed E-state index contributed by atoms with van der Waals surface area (Å²) in [5.74, 6) is -0.188. The number of benzene rings is 2. The number of piperazine rings is 1. The van der Waals surface area contributed by atoms with Crippen LogP contribution in [-0.2, 0) is 16.6 Å². The summed E-state index contributed by atoms with van der Waals surface area (Å²) < 4.78 is 25.4. The summed E-state index contributed by atoms with van der Waals surface area (Å²) in [5.41, 5.74) is 1.79. The van der Waals surface area contributed by atoms with E-state index in [1.807, 2.05) is 6.07 Å². The third-order valence-corrected chi connectivity index (χ3v) is 7.15. The van der Waals surface area contributed by atoms with Crippen LogP contribution in [0.25, 0.3) is 0 Å². The lowest BCUT2D eigenvalue weighted by molar-refractivity contribution is 0.0934. The smallest absolute Gasteiger partial charge is 0.251 e. The lowest BCUT2D eigenvalue weighted by Gasteiger charge is -2.34. The van der Waals surface area contributed by atoms with E-state index >= 15 is 0 Å². The first kappa shape index (κ1) is 22.4. The van der Waals surface area contributed by atoms with Gasteiger partial charge in [0, 0.05) is 65.5 Å². The molecule has 0 aromatic heterocycles. The molecule has 0 aliphatic carbocycles. The first-order chi connectivity index (χ1) is 14.4. The molecule has 2 aromatic carbocycles. The van der Waals surface area contributed by atoms with Crippen molar-refractivity contribution in [2.45, 2.75) is 11.4 Å². The maximum atomic E-state index is 12.3. The molecule has 0 saturated carbocycles. The van der Waals surface area contributed by atoms with Crippen molar-refractivity contribution in [3.05, 3.63) is 65.7 Å². The van der Waals surface area contributed by atoms with Gasteiger partial charge in [-0.1, -0.05) is 30.3 Å². The van der Waals surface area contributed by atoms with Gasteiger partial charge in [-0.15, -0.1) is 0 Å². The van der Waals surface area contributed by atoms with Gasteiger partial charge in [0.05, 0.1) is 4.90 Å². The van der Waals surface area contributed by atoms with Gasteiger partial charge in [-0.3, -0.25) is 14.6 Å². The molecule has 2 aromatic rings. The van der Waals surface area contributed by atoms with Gasteiger partial charge in [0.2, 0.25) is 10.0 Å². The summed E-state index contributed by atoms with van der Waals surface area (Å²) in [6.07, 6.45) is 0. The Morgan fingerprint density at radius 1 is 0.933 bits per heavy atom. The van der Waals surface area contributed by atoms with Gasteiger partial charge in [-0.2, -0.15) is 0 Å². The van der Waals surface area contributed by atoms with E-state index in [2.05, 4.69) is 39.4 Å². The number of hydrogen-bond acceptors (Lipinski definition) is 5. The highest BCUT2D eigenvalue weighted by molar-refractivity contribution is 7.89. The monoisotopic (exact) mass is 430 g/mol. The van der Waals surface area contributed by atoms with Crippen molar-refractivity contribution < 1.29 is 13.2 Å². The van der Waals surface area contributed by atoms with E-state index < -0.39 is 10.0 Å². The largest absolute Gasteiger partial charge is 0.351 e. The van der Waals surface area contributed by atoms with Gasteiger partial charge in [-0.05, 0) is 29.8 Å². The molecule has 0 atom stereocenters. The Morgan fingerprint density at radius 3 is 2.13 bits per heavy atom. The molecule has 162 valence electrons. The lowest BCUT2D eigenvalue weighted by Crippen LogP contribution is -2.48. The molecule has 1 fully saturated rings. The standard InChI is InChI=1S/C22H30N4O3S/c1-24(2)30(28,29)21-10-8-20(9-11-21)22(27)23-12-13-25-14-16-26(17-15-25)18-19-6-4-3-5-7-19/h3-11H,12-18H2,1-2H3,(H,23,27). The van der Waals surface area contributed by atoms with Gasteiger partial charge in [0.25, 0.3) is 5.91 Å². The van der Waals surface area contributed by atoms with E-state index in [1.54, 1.807) is 12.1 Å². The highest BCUT2D eigenvalue weighted by Gasteiger charge is 2.18. The van der Waals surface area contributed by atoms with Crippen molar-refractivity contribution in [3.8, 4) is 0 Å². The lowest BCUT2D eigenvalue weighted by atomic mass is 10.2. The first-order valence-electron chi connectivity index (χ1n) is 10.2. The number of carbonyl (C=O) groups is 1. The maximum absolute atomic E-state index is 12.3. The number of sulfonamides is 1. The minimum atomic E-state index is -3.48. The summed E-state index contributed by atoms with van der Waals surface area (Å²) in [4.78, 5) is 17.3. The first-order valence-corrected chi connectivity index (χ1v) is 11.6. The molecule has 0 bridgehead atoms. The molecule has 0 unspecified atom stereocenters. The highest BCUT2D eigenvalue weighted by atomic mass is 32.2. The Morgan fingerprint density at radius 2 is 1.53 bits per heavy atom. The van der Waals surface area contributed by atoms with Crippen LogP contribution in [0.5, 0.6) is 0 Å². The Hall–Kier alpha value is -2.26. The zero-order valence-electron chi connectivity index (χ0n) is 17.6. The van der Waals surface area contributed by atoms with Gasteiger partial charge in [-0.25, -0.2) is 12.7 Å². The topological polar surface area (TPSA) is 73.0 Å². The quantitative estimate of drug-likeness (QED) is 0.687. The van der Waals surface area contributed by atoms with Crippen molar-refractivity contribution in [2.75, 3.05) is 53.4 Å². The molecule has 1 saturated heterocycles. The molecule has 7 nitrogen and oxygen atoms in total. The van der Waals surface area contributed by atoms with Gasteiger partial charge in [0.15, 0.2) is 0 Å². The van der Waals surface area contributed by atoms with Crippen molar-refractivity contribution in [1.82, 2.24) is 19.4 Å². The summed E-state index contributed by atoms with van der Waals surface area (Å²) in [6.45, 7) is 6.35. The zero-order valence-corrected chi connectivity index (χ0v) is 18.4. The molecule has 1 amide bonds. The van der Waals surface area contributed by atoms with Crippen LogP contribution in [0.4, 0.5) is 0 Å². The van der Waals surface area contributed by atoms with Crippen LogP contribution in [-0.4, -0.2) is 81.8 Å². The van der Waals surface area contributed by atoms with Crippen LogP contribution in [0, 0.1) is 0 Å². The fourth-order valence-electron chi connectivity index (χ4n) is 3.43. The van der Waals surface area contributed by atoms with E-state index in [0.717, 1.165) is 43.6 Å². The van der Waals surface area contributed by atoms with E-state index in [0.29, 0.717) is 12.1 Å². The fraction of sp³-hybridized carbons (Fsp3) is 0.409. The Labute approximate surface area is 179 Å². The SMILES string of the molecule is CN(C)S(=O)(=O)c1ccc(C(=O)NCCN2CCN(Cc3ccccc3)CC2)cc1. The molecular formula is C22H30N4O3S. The van der Waals surface area contributed by atoms with E-state index in [9.17, 15) is 13.2 Å². The number of nitrogens with one attached hydrogen (secondary N) is 1. The fourth-order valence-corrected chi connectivity index (χ4v) is 4.33. The van der Waals surface area contributed by atoms with Crippen LogP contribution < -0.4 is 5.32 Å². The predicted octanol–water partition coefficient (Wildman–Crippen LogP) is 1.48. The maximum Gasteiger partial charge on any atom is 0.251 e. The number of amides is 1. The van der Waals surface area contributed by atoms with Crippen LogP contribution in [0.3, 0.4) is 0 Å². The van der Waals surface area contributed by atoms with Crippen molar-refractivity contribution in [2.24, 2.45) is 0 Å². The van der Waals surface area contributed by atoms with E-state index in [-0.39, 0.29) is 10.8 Å². The van der Waals surface area contributed by atoms with Gasteiger partial charge in [0.1, 0.15) is 0 Å². The van der Waals surface area contributed by atoms with Gasteiger partial charge >= 0.3 is 0 Å². The van der Waals surface area contributed by atoms with Crippen LogP contribution >= 0.6 is 0 Å². The number of rotatable bonds is 8. The minimum absolute atomic E-state index is 0.178. The second kappa shape index (κ2) is 10.2. The molecule has 1 aliphatic rings. The summed E-state index contributed by atoms with van der Waals surface area (Å²) in [6, 6.07) is 16.5. The molecule has 1 aliphatic heterocycles. The van der Waals surface area contributed by atoms with Gasteiger partial charge < -0.3 is 5.32 Å². The molecule has 1 N–H and O–H groups in total. The second-order valence-corrected chi connectivity index (χ2v) is 9.82. The zero-order chi connectivity index (χ0) is 21.6. The molecule has 30 heavy (non-hydrogen) atoms. The molecular weight excluding hydrogens is 400 g/mol. The molecule has 0 radical (unpaired) electrons. The number of nitrogens with zero attached hydrogens (tertiary/aromatic N) is 3. The highest BCUT2D eigenvalue weighted by Crippen LogP contribution is 2.14. The Balaban J connectivity index is 1.40. The van der Waals surface area contributed by atoms with Crippen molar-refractivity contribution in [3.63, 3.8) is 0 Å². The Kier molecular flexibility index (Phi) is 7.60. The average Bonchev–Trinajstić information content (AvgIpc) is 2.75. The summed E-state index contributed by atoms with van der Waals surface area (Å²) in [5, 5.41) is 2.92. The molecule has 0 spiro atoms. The normalized spacial score (nSPS) is 16.0.